The highest BCUT2D eigenvalue weighted by Crippen LogP contribution is 2.35. The standard InChI is InChI=1S/C30H50/c1-3-5-6-8-26-11-15-28(16-12-26)18-20-30-23-21-29(22-24-30)19-17-27-13-9-25(7-4-2)10-14-27/h21-28H,3-20H2,1-2H3. The van der Waals surface area contributed by atoms with Crippen LogP contribution in [0.1, 0.15) is 128 Å². The summed E-state index contributed by atoms with van der Waals surface area (Å²) >= 11 is 0. The molecule has 0 nitrogen and oxygen atoms in total. The molecule has 0 radical (unpaired) electrons. The molecule has 2 aliphatic carbocycles. The van der Waals surface area contributed by atoms with Crippen LogP contribution in [0.5, 0.6) is 0 Å². The predicted molar refractivity (Wildman–Crippen MR) is 133 cm³/mol. The van der Waals surface area contributed by atoms with Crippen LogP contribution >= 0.6 is 0 Å². The van der Waals surface area contributed by atoms with Crippen molar-refractivity contribution in [1.82, 2.24) is 0 Å². The van der Waals surface area contributed by atoms with Crippen LogP contribution in [0.15, 0.2) is 24.3 Å². The lowest BCUT2D eigenvalue weighted by Crippen LogP contribution is -2.15. The minimum atomic E-state index is 0.995. The highest BCUT2D eigenvalue weighted by molar-refractivity contribution is 5.22. The fourth-order valence-corrected chi connectivity index (χ4v) is 6.32. The van der Waals surface area contributed by atoms with Crippen molar-refractivity contribution >= 4 is 0 Å². The van der Waals surface area contributed by atoms with Crippen molar-refractivity contribution < 1.29 is 0 Å². The molecule has 0 amide bonds. The SMILES string of the molecule is CCCCCC1CCC(CCc2ccc(CCC3CCC(CCC)CC3)cc2)CC1. The number of aryl methyl sites for hydroxylation is 2. The van der Waals surface area contributed by atoms with Crippen LogP contribution in [0.4, 0.5) is 0 Å². The minimum Gasteiger partial charge on any atom is -0.0654 e. The molecule has 170 valence electrons. The van der Waals surface area contributed by atoms with Gasteiger partial charge in [-0.15, -0.1) is 0 Å². The van der Waals surface area contributed by atoms with Crippen molar-refractivity contribution in [3.05, 3.63) is 35.4 Å². The van der Waals surface area contributed by atoms with Gasteiger partial charge in [-0.05, 0) is 60.5 Å². The van der Waals surface area contributed by atoms with E-state index in [9.17, 15) is 0 Å². The summed E-state index contributed by atoms with van der Waals surface area (Å²) in [5, 5.41) is 0. The highest BCUT2D eigenvalue weighted by atomic mass is 14.3. The Balaban J connectivity index is 1.29. The average molecular weight is 411 g/mol. The summed E-state index contributed by atoms with van der Waals surface area (Å²) in [5.74, 6) is 4.08. The molecule has 1 aromatic carbocycles. The van der Waals surface area contributed by atoms with Gasteiger partial charge in [0.2, 0.25) is 0 Å². The molecule has 2 aliphatic rings. The summed E-state index contributed by atoms with van der Waals surface area (Å²) in [6, 6.07) is 9.74. The van der Waals surface area contributed by atoms with Crippen molar-refractivity contribution in [2.24, 2.45) is 23.7 Å². The molecule has 0 heteroatoms. The zero-order valence-electron chi connectivity index (χ0n) is 20.3. The minimum absolute atomic E-state index is 0.995. The van der Waals surface area contributed by atoms with Crippen molar-refractivity contribution in [2.75, 3.05) is 0 Å². The maximum atomic E-state index is 2.43. The van der Waals surface area contributed by atoms with E-state index in [1.54, 1.807) is 11.1 Å². The molecule has 0 heterocycles. The van der Waals surface area contributed by atoms with E-state index in [2.05, 4.69) is 38.1 Å². The smallest absolute Gasteiger partial charge is 0.0276 e. The molecule has 0 N–H and O–H groups in total. The van der Waals surface area contributed by atoms with Gasteiger partial charge in [-0.25, -0.2) is 0 Å². The number of rotatable bonds is 12. The van der Waals surface area contributed by atoms with E-state index in [1.807, 2.05) is 0 Å². The summed E-state index contributed by atoms with van der Waals surface area (Å²) in [5.41, 5.74) is 3.14. The third kappa shape index (κ3) is 8.39. The molecule has 3 rings (SSSR count). The molecule has 0 aliphatic heterocycles. The van der Waals surface area contributed by atoms with Gasteiger partial charge in [0.05, 0.1) is 0 Å². The Labute approximate surface area is 188 Å². The summed E-state index contributed by atoms with van der Waals surface area (Å²) in [6.45, 7) is 4.67. The predicted octanol–water partition coefficient (Wildman–Crippen LogP) is 9.54. The van der Waals surface area contributed by atoms with E-state index in [-0.39, 0.29) is 0 Å². The van der Waals surface area contributed by atoms with Crippen LogP contribution in [-0.4, -0.2) is 0 Å². The van der Waals surface area contributed by atoms with Gasteiger partial charge in [0, 0.05) is 0 Å². The summed E-state index contributed by atoms with van der Waals surface area (Å²) in [6.07, 6.45) is 26.0. The average Bonchev–Trinajstić information content (AvgIpc) is 2.79. The second-order valence-electron chi connectivity index (χ2n) is 11.0. The van der Waals surface area contributed by atoms with Gasteiger partial charge < -0.3 is 0 Å². The number of unbranched alkanes of at least 4 members (excludes halogenated alkanes) is 2. The highest BCUT2D eigenvalue weighted by Gasteiger charge is 2.21. The summed E-state index contributed by atoms with van der Waals surface area (Å²) < 4.78 is 0. The Morgan fingerprint density at radius 2 is 0.900 bits per heavy atom. The van der Waals surface area contributed by atoms with E-state index < -0.39 is 0 Å². The fourth-order valence-electron chi connectivity index (χ4n) is 6.32. The Kier molecular flexibility index (Phi) is 10.8. The van der Waals surface area contributed by atoms with E-state index >= 15 is 0 Å². The lowest BCUT2D eigenvalue weighted by molar-refractivity contribution is 0.249. The van der Waals surface area contributed by atoms with E-state index in [0.717, 1.165) is 23.7 Å². The Morgan fingerprint density at radius 1 is 0.500 bits per heavy atom. The molecule has 0 saturated heterocycles. The normalized spacial score (nSPS) is 27.3. The van der Waals surface area contributed by atoms with E-state index in [0.29, 0.717) is 0 Å². The molecule has 0 spiro atoms. The first-order valence-electron chi connectivity index (χ1n) is 13.8. The number of hydrogen-bond acceptors (Lipinski definition) is 0. The topological polar surface area (TPSA) is 0 Å². The molecule has 0 unspecified atom stereocenters. The van der Waals surface area contributed by atoms with Gasteiger partial charge in [-0.3, -0.25) is 0 Å². The van der Waals surface area contributed by atoms with Crippen molar-refractivity contribution in [1.29, 1.82) is 0 Å². The van der Waals surface area contributed by atoms with Crippen LogP contribution in [0.3, 0.4) is 0 Å². The van der Waals surface area contributed by atoms with Crippen LogP contribution in [0, 0.1) is 23.7 Å². The molecule has 2 saturated carbocycles. The Morgan fingerprint density at radius 3 is 1.30 bits per heavy atom. The van der Waals surface area contributed by atoms with Gasteiger partial charge in [0.1, 0.15) is 0 Å². The van der Waals surface area contributed by atoms with Gasteiger partial charge in [0.25, 0.3) is 0 Å². The van der Waals surface area contributed by atoms with Crippen molar-refractivity contribution in [3.8, 4) is 0 Å². The van der Waals surface area contributed by atoms with Crippen LogP contribution in [0.25, 0.3) is 0 Å². The quantitative estimate of drug-likeness (QED) is 0.301. The van der Waals surface area contributed by atoms with E-state index in [1.165, 1.54) is 116 Å². The van der Waals surface area contributed by atoms with Crippen molar-refractivity contribution in [3.63, 3.8) is 0 Å². The summed E-state index contributed by atoms with van der Waals surface area (Å²) in [4.78, 5) is 0. The largest absolute Gasteiger partial charge is 0.0654 e. The molecular weight excluding hydrogens is 360 g/mol. The van der Waals surface area contributed by atoms with Crippen molar-refractivity contribution in [2.45, 2.75) is 129 Å². The third-order valence-electron chi connectivity index (χ3n) is 8.55. The molecule has 30 heavy (non-hydrogen) atoms. The lowest BCUT2D eigenvalue weighted by atomic mass is 9.77. The first-order chi connectivity index (χ1) is 14.8. The second-order valence-corrected chi connectivity index (χ2v) is 11.0. The molecule has 0 atom stereocenters. The molecule has 1 aromatic rings. The van der Waals surface area contributed by atoms with Gasteiger partial charge in [-0.2, -0.15) is 0 Å². The number of benzene rings is 1. The molecule has 0 aromatic heterocycles. The summed E-state index contributed by atoms with van der Waals surface area (Å²) in [7, 11) is 0. The van der Waals surface area contributed by atoms with Gasteiger partial charge >= 0.3 is 0 Å². The molecule has 2 fully saturated rings. The molecular formula is C30H50. The van der Waals surface area contributed by atoms with Gasteiger partial charge in [-0.1, -0.05) is 128 Å². The lowest BCUT2D eigenvalue weighted by Gasteiger charge is -2.28. The van der Waals surface area contributed by atoms with Crippen LogP contribution < -0.4 is 0 Å². The van der Waals surface area contributed by atoms with E-state index in [4.69, 9.17) is 0 Å². The number of hydrogen-bond donors (Lipinski definition) is 0. The van der Waals surface area contributed by atoms with Crippen LogP contribution in [0.2, 0.25) is 0 Å². The zero-order chi connectivity index (χ0) is 21.0. The second kappa shape index (κ2) is 13.6. The third-order valence-corrected chi connectivity index (χ3v) is 8.55. The Hall–Kier alpha value is -0.780. The Bertz CT molecular complexity index is 540. The first kappa shape index (κ1) is 23.9. The van der Waals surface area contributed by atoms with Crippen LogP contribution in [-0.2, 0) is 12.8 Å². The zero-order valence-corrected chi connectivity index (χ0v) is 20.3. The first-order valence-corrected chi connectivity index (χ1v) is 13.8. The maximum Gasteiger partial charge on any atom is -0.0276 e. The molecule has 0 bridgehead atoms. The fraction of sp³-hybridized carbons (Fsp3) is 0.800. The monoisotopic (exact) mass is 410 g/mol. The van der Waals surface area contributed by atoms with Gasteiger partial charge in [0.15, 0.2) is 0 Å². The maximum absolute atomic E-state index is 2.43.